The summed E-state index contributed by atoms with van der Waals surface area (Å²) in [4.78, 5) is 2.86. The number of halogens is 2. The molecule has 116 valence electrons. The van der Waals surface area contributed by atoms with Gasteiger partial charge in [0, 0.05) is 14.6 Å². The monoisotopic (exact) mass is 440 g/mol. The summed E-state index contributed by atoms with van der Waals surface area (Å²) >= 11 is 7.24. The summed E-state index contributed by atoms with van der Waals surface area (Å²) in [5, 5.41) is 21.6. The first kappa shape index (κ1) is 15.8. The van der Waals surface area contributed by atoms with E-state index in [2.05, 4.69) is 43.1 Å². The number of nitrogens with one attached hydrogen (secondary N) is 2. The van der Waals surface area contributed by atoms with Crippen LogP contribution in [0.2, 0.25) is 0 Å². The molecule has 0 atom stereocenters. The SMILES string of the molecule is Oc1[nH]c2c(I)cccc2c1N=NC(=S)Nc1ccc(F)cc1. The lowest BCUT2D eigenvalue weighted by Crippen LogP contribution is -2.04. The van der Waals surface area contributed by atoms with Gasteiger partial charge in [-0.15, -0.1) is 10.2 Å². The highest BCUT2D eigenvalue weighted by Crippen LogP contribution is 2.37. The van der Waals surface area contributed by atoms with Crippen LogP contribution in [0.4, 0.5) is 15.8 Å². The average molecular weight is 440 g/mol. The molecule has 0 aliphatic heterocycles. The van der Waals surface area contributed by atoms with Gasteiger partial charge in [-0.1, -0.05) is 12.1 Å². The lowest BCUT2D eigenvalue weighted by Gasteiger charge is -2.02. The maximum absolute atomic E-state index is 12.8. The van der Waals surface area contributed by atoms with Crippen molar-refractivity contribution < 1.29 is 9.50 Å². The van der Waals surface area contributed by atoms with Crippen molar-refractivity contribution >= 4 is 62.2 Å². The molecule has 0 unspecified atom stereocenters. The molecule has 1 heterocycles. The maximum atomic E-state index is 12.8. The predicted molar refractivity (Wildman–Crippen MR) is 99.8 cm³/mol. The molecular formula is C15H10FIN4OS. The highest BCUT2D eigenvalue weighted by Gasteiger charge is 2.12. The number of para-hydroxylation sites is 1. The van der Waals surface area contributed by atoms with E-state index < -0.39 is 0 Å². The Labute approximate surface area is 149 Å². The molecule has 5 nitrogen and oxygen atoms in total. The molecule has 0 spiro atoms. The van der Waals surface area contributed by atoms with E-state index in [1.807, 2.05) is 18.2 Å². The topological polar surface area (TPSA) is 72.8 Å². The zero-order valence-electron chi connectivity index (χ0n) is 11.5. The Morgan fingerprint density at radius 2 is 1.96 bits per heavy atom. The third kappa shape index (κ3) is 3.48. The van der Waals surface area contributed by atoms with Gasteiger partial charge in [0.1, 0.15) is 5.82 Å². The van der Waals surface area contributed by atoms with E-state index in [4.69, 9.17) is 12.2 Å². The number of anilines is 1. The second-order valence-electron chi connectivity index (χ2n) is 4.62. The fraction of sp³-hybridized carbons (Fsp3) is 0. The van der Waals surface area contributed by atoms with Gasteiger partial charge >= 0.3 is 0 Å². The van der Waals surface area contributed by atoms with Crippen LogP contribution < -0.4 is 5.32 Å². The molecule has 2 aromatic carbocycles. The van der Waals surface area contributed by atoms with Crippen molar-refractivity contribution in [2.24, 2.45) is 10.2 Å². The molecule has 0 bridgehead atoms. The standard InChI is InChI=1S/C15H10FIN4OS/c16-8-4-6-9(7-5-8)18-15(23)21-20-13-10-2-1-3-11(17)12(10)19-14(13)22/h1-7,19,22H,(H,18,23). The molecule has 0 saturated heterocycles. The lowest BCUT2D eigenvalue weighted by atomic mass is 10.2. The number of benzene rings is 2. The molecule has 0 radical (unpaired) electrons. The number of thiocarbonyl (C=S) groups is 1. The van der Waals surface area contributed by atoms with Crippen molar-refractivity contribution in [3.05, 3.63) is 51.9 Å². The van der Waals surface area contributed by atoms with E-state index in [0.29, 0.717) is 11.4 Å². The predicted octanol–water partition coefficient (Wildman–Crippen LogP) is 5.10. The number of rotatable bonds is 2. The van der Waals surface area contributed by atoms with Crippen LogP contribution in [-0.4, -0.2) is 15.2 Å². The molecular weight excluding hydrogens is 430 g/mol. The van der Waals surface area contributed by atoms with Gasteiger partial charge in [-0.3, -0.25) is 0 Å². The number of hydrogen-bond acceptors (Lipinski definition) is 3. The summed E-state index contributed by atoms with van der Waals surface area (Å²) in [7, 11) is 0. The average Bonchev–Trinajstić information content (AvgIpc) is 2.85. The second kappa shape index (κ2) is 6.59. The van der Waals surface area contributed by atoms with Crippen LogP contribution in [0.1, 0.15) is 0 Å². The normalized spacial score (nSPS) is 11.2. The molecule has 3 N–H and O–H groups in total. The number of aromatic nitrogens is 1. The van der Waals surface area contributed by atoms with Crippen LogP contribution in [0.3, 0.4) is 0 Å². The first-order valence-corrected chi connectivity index (χ1v) is 8.01. The Balaban J connectivity index is 1.82. The minimum Gasteiger partial charge on any atom is -0.493 e. The molecule has 0 amide bonds. The molecule has 8 heteroatoms. The minimum atomic E-state index is -0.332. The zero-order chi connectivity index (χ0) is 16.4. The van der Waals surface area contributed by atoms with E-state index in [9.17, 15) is 9.50 Å². The Kier molecular flexibility index (Phi) is 4.53. The van der Waals surface area contributed by atoms with Crippen molar-refractivity contribution in [3.8, 4) is 5.88 Å². The number of fused-ring (bicyclic) bond motifs is 1. The van der Waals surface area contributed by atoms with E-state index in [0.717, 1.165) is 14.5 Å². The van der Waals surface area contributed by atoms with Gasteiger partial charge in [-0.25, -0.2) is 4.39 Å². The molecule has 0 aliphatic carbocycles. The van der Waals surface area contributed by atoms with Crippen molar-refractivity contribution in [2.75, 3.05) is 5.32 Å². The quantitative estimate of drug-likeness (QED) is 0.295. The van der Waals surface area contributed by atoms with Crippen molar-refractivity contribution in [2.45, 2.75) is 0 Å². The zero-order valence-corrected chi connectivity index (χ0v) is 14.5. The van der Waals surface area contributed by atoms with Gasteiger partial charge in [0.15, 0.2) is 5.69 Å². The van der Waals surface area contributed by atoms with Crippen LogP contribution in [0.5, 0.6) is 5.88 Å². The molecule has 0 saturated carbocycles. The Morgan fingerprint density at radius 1 is 1.22 bits per heavy atom. The van der Waals surface area contributed by atoms with Crippen LogP contribution >= 0.6 is 34.8 Å². The third-order valence-corrected chi connectivity index (χ3v) is 4.16. The first-order chi connectivity index (χ1) is 11.0. The minimum absolute atomic E-state index is 0.0718. The van der Waals surface area contributed by atoms with Gasteiger partial charge in [0.05, 0.1) is 5.52 Å². The first-order valence-electron chi connectivity index (χ1n) is 6.52. The summed E-state index contributed by atoms with van der Waals surface area (Å²) in [6.45, 7) is 0. The largest absolute Gasteiger partial charge is 0.493 e. The molecule has 3 rings (SSSR count). The summed E-state index contributed by atoms with van der Waals surface area (Å²) < 4.78 is 13.8. The molecule has 0 fully saturated rings. The fourth-order valence-corrected chi connectivity index (χ4v) is 2.82. The Morgan fingerprint density at radius 3 is 2.70 bits per heavy atom. The summed E-state index contributed by atoms with van der Waals surface area (Å²) in [5.41, 5.74) is 1.71. The van der Waals surface area contributed by atoms with Crippen molar-refractivity contribution in [1.29, 1.82) is 0 Å². The maximum Gasteiger partial charge on any atom is 0.218 e. The van der Waals surface area contributed by atoms with Crippen molar-refractivity contribution in [1.82, 2.24) is 4.98 Å². The summed E-state index contributed by atoms with van der Waals surface area (Å²) in [5.74, 6) is -0.404. The van der Waals surface area contributed by atoms with E-state index >= 15 is 0 Å². The number of H-pyrrole nitrogens is 1. The number of azo groups is 1. The third-order valence-electron chi connectivity index (χ3n) is 3.07. The van der Waals surface area contributed by atoms with Gasteiger partial charge in [-0.05, 0) is 65.1 Å². The molecule has 0 aliphatic rings. The van der Waals surface area contributed by atoms with Gasteiger partial charge in [-0.2, -0.15) is 0 Å². The molecule has 3 aromatic rings. The van der Waals surface area contributed by atoms with Gasteiger partial charge in [0.2, 0.25) is 11.0 Å². The number of aromatic amines is 1. The highest BCUT2D eigenvalue weighted by molar-refractivity contribution is 14.1. The van der Waals surface area contributed by atoms with Gasteiger partial charge < -0.3 is 15.4 Å². The van der Waals surface area contributed by atoms with Crippen molar-refractivity contribution in [3.63, 3.8) is 0 Å². The van der Waals surface area contributed by atoms with Gasteiger partial charge in [0.25, 0.3) is 0 Å². The van der Waals surface area contributed by atoms with E-state index in [1.165, 1.54) is 12.1 Å². The lowest BCUT2D eigenvalue weighted by molar-refractivity contribution is 0.459. The number of hydrogen-bond donors (Lipinski definition) is 3. The highest BCUT2D eigenvalue weighted by atomic mass is 127. The second-order valence-corrected chi connectivity index (χ2v) is 6.17. The Hall–Kier alpha value is -2.07. The number of nitrogens with zero attached hydrogens (tertiary/aromatic N) is 2. The fourth-order valence-electron chi connectivity index (χ4n) is 2.03. The van der Waals surface area contributed by atoms with Crippen LogP contribution in [0, 0.1) is 9.39 Å². The molecule has 23 heavy (non-hydrogen) atoms. The Bertz CT molecular complexity index is 908. The van der Waals surface area contributed by atoms with E-state index in [1.54, 1.807) is 12.1 Å². The number of aromatic hydroxyl groups is 1. The van der Waals surface area contributed by atoms with Crippen LogP contribution in [0.15, 0.2) is 52.7 Å². The summed E-state index contributed by atoms with van der Waals surface area (Å²) in [6.07, 6.45) is 0. The molecule has 1 aromatic heterocycles. The van der Waals surface area contributed by atoms with Crippen LogP contribution in [0.25, 0.3) is 10.9 Å². The summed E-state index contributed by atoms with van der Waals surface area (Å²) in [6, 6.07) is 11.3. The van der Waals surface area contributed by atoms with Crippen LogP contribution in [-0.2, 0) is 0 Å². The van der Waals surface area contributed by atoms with E-state index in [-0.39, 0.29) is 16.8 Å². The smallest absolute Gasteiger partial charge is 0.218 e.